The lowest BCUT2D eigenvalue weighted by Gasteiger charge is -2.06. The fourth-order valence-electron chi connectivity index (χ4n) is 2.50. The number of methoxy groups -OCH3 is 1. The number of nitrogens with zero attached hydrogens (tertiary/aromatic N) is 2. The Bertz CT molecular complexity index is 1150. The third kappa shape index (κ3) is 3.84. The van der Waals surface area contributed by atoms with Gasteiger partial charge in [-0.1, -0.05) is 54.8 Å². The molecular formula is C20H18ClN3O4. The number of anilines is 2. The van der Waals surface area contributed by atoms with Gasteiger partial charge in [-0.05, 0) is 24.3 Å². The molecule has 0 saturated carbocycles. The summed E-state index contributed by atoms with van der Waals surface area (Å²) in [4.78, 5) is 12.3. The molecule has 0 amide bonds. The molecule has 0 bridgehead atoms. The molecule has 0 radical (unpaired) electrons. The van der Waals surface area contributed by atoms with Crippen LogP contribution in [0.4, 0.5) is 11.7 Å². The van der Waals surface area contributed by atoms with Crippen molar-refractivity contribution in [2.24, 2.45) is 0 Å². The van der Waals surface area contributed by atoms with Crippen LogP contribution in [0, 0.1) is 0 Å². The number of hydrogen-bond acceptors (Lipinski definition) is 7. The summed E-state index contributed by atoms with van der Waals surface area (Å²) in [5.41, 5.74) is 0.510. The van der Waals surface area contributed by atoms with Crippen LogP contribution in [0.25, 0.3) is 22.4 Å². The predicted molar refractivity (Wildman–Crippen MR) is 108 cm³/mol. The molecule has 7 nitrogen and oxygen atoms in total. The monoisotopic (exact) mass is 399 g/mol. The van der Waals surface area contributed by atoms with E-state index in [2.05, 4.69) is 15.5 Å². The number of rotatable bonds is 4. The predicted octanol–water partition coefficient (Wildman–Crippen LogP) is 5.27. The molecule has 28 heavy (non-hydrogen) atoms. The number of benzene rings is 2. The normalized spacial score (nSPS) is 10.3. The maximum absolute atomic E-state index is 12.3. The van der Waals surface area contributed by atoms with E-state index in [1.165, 1.54) is 0 Å². The van der Waals surface area contributed by atoms with Crippen LogP contribution < -0.4 is 15.7 Å². The highest BCUT2D eigenvalue weighted by molar-refractivity contribution is 6.34. The number of aromatic nitrogens is 2. The van der Waals surface area contributed by atoms with Crippen molar-refractivity contribution in [3.63, 3.8) is 0 Å². The highest BCUT2D eigenvalue weighted by Gasteiger charge is 2.16. The third-order valence-corrected chi connectivity index (χ3v) is 4.01. The van der Waals surface area contributed by atoms with Crippen molar-refractivity contribution in [2.45, 2.75) is 13.8 Å². The van der Waals surface area contributed by atoms with Crippen molar-refractivity contribution in [3.8, 4) is 17.2 Å². The Hall–Kier alpha value is -3.32. The molecule has 8 heteroatoms. The van der Waals surface area contributed by atoms with Gasteiger partial charge in [0.25, 0.3) is 5.89 Å². The van der Waals surface area contributed by atoms with Gasteiger partial charge in [0, 0.05) is 5.39 Å². The Kier molecular flexibility index (Phi) is 5.96. The second kappa shape index (κ2) is 8.58. The highest BCUT2D eigenvalue weighted by Crippen LogP contribution is 2.29. The number of para-hydroxylation sites is 3. The number of fused-ring (bicyclic) bond motifs is 1. The molecule has 1 N–H and O–H groups in total. The first-order valence-electron chi connectivity index (χ1n) is 8.62. The van der Waals surface area contributed by atoms with Gasteiger partial charge in [0.1, 0.15) is 11.3 Å². The summed E-state index contributed by atoms with van der Waals surface area (Å²) >= 11 is 6.04. The van der Waals surface area contributed by atoms with Gasteiger partial charge in [0.15, 0.2) is 5.58 Å². The van der Waals surface area contributed by atoms with Gasteiger partial charge in [-0.3, -0.25) is 0 Å². The van der Waals surface area contributed by atoms with E-state index in [1.54, 1.807) is 43.5 Å². The Labute approximate surface area is 165 Å². The molecular weight excluding hydrogens is 382 g/mol. The van der Waals surface area contributed by atoms with Crippen molar-refractivity contribution in [1.82, 2.24) is 10.2 Å². The first-order valence-corrected chi connectivity index (χ1v) is 9.00. The Morgan fingerprint density at radius 1 is 1.04 bits per heavy atom. The van der Waals surface area contributed by atoms with Crippen LogP contribution in [0.15, 0.2) is 62.2 Å². The molecule has 0 saturated heterocycles. The number of halogens is 1. The summed E-state index contributed by atoms with van der Waals surface area (Å²) in [6.45, 7) is 4.00. The molecule has 2 aromatic heterocycles. The summed E-state index contributed by atoms with van der Waals surface area (Å²) in [7, 11) is 1.56. The lowest BCUT2D eigenvalue weighted by molar-refractivity contribution is 0.416. The smallest absolute Gasteiger partial charge is 0.349 e. The van der Waals surface area contributed by atoms with E-state index in [9.17, 15) is 4.79 Å². The second-order valence-corrected chi connectivity index (χ2v) is 5.75. The average Bonchev–Trinajstić information content (AvgIpc) is 3.18. The Morgan fingerprint density at radius 2 is 1.82 bits per heavy atom. The van der Waals surface area contributed by atoms with E-state index in [0.29, 0.717) is 27.4 Å². The van der Waals surface area contributed by atoms with Gasteiger partial charge in [-0.15, -0.1) is 5.10 Å². The van der Waals surface area contributed by atoms with E-state index in [1.807, 2.05) is 26.0 Å². The first-order chi connectivity index (χ1) is 13.7. The summed E-state index contributed by atoms with van der Waals surface area (Å²) in [5, 5.41) is 11.8. The van der Waals surface area contributed by atoms with Gasteiger partial charge in [-0.2, -0.15) is 0 Å². The summed E-state index contributed by atoms with van der Waals surface area (Å²) < 4.78 is 16.1. The SMILES string of the molecule is CC.COc1ccccc1Nc1nnc(-c2cc3cccc(Cl)c3oc2=O)o1. The van der Waals surface area contributed by atoms with Crippen LogP contribution in [-0.2, 0) is 0 Å². The zero-order valence-corrected chi connectivity index (χ0v) is 16.3. The summed E-state index contributed by atoms with van der Waals surface area (Å²) in [6.07, 6.45) is 0. The fraction of sp³-hybridized carbons (Fsp3) is 0.150. The minimum Gasteiger partial charge on any atom is -0.495 e. The molecule has 0 aliphatic carbocycles. The zero-order chi connectivity index (χ0) is 20.1. The maximum Gasteiger partial charge on any atom is 0.349 e. The van der Waals surface area contributed by atoms with Gasteiger partial charge in [0.05, 0.1) is 17.8 Å². The van der Waals surface area contributed by atoms with Gasteiger partial charge in [0.2, 0.25) is 0 Å². The third-order valence-electron chi connectivity index (χ3n) is 3.72. The van der Waals surface area contributed by atoms with Crippen molar-refractivity contribution in [3.05, 3.63) is 64.0 Å². The molecule has 0 atom stereocenters. The molecule has 4 aromatic rings. The van der Waals surface area contributed by atoms with Crippen molar-refractivity contribution < 1.29 is 13.6 Å². The van der Waals surface area contributed by atoms with Crippen LogP contribution in [0.3, 0.4) is 0 Å². The van der Waals surface area contributed by atoms with Gasteiger partial charge < -0.3 is 18.9 Å². The van der Waals surface area contributed by atoms with E-state index < -0.39 is 5.63 Å². The summed E-state index contributed by atoms with van der Waals surface area (Å²) in [5.74, 6) is 0.658. The van der Waals surface area contributed by atoms with Crippen LogP contribution in [0.2, 0.25) is 5.02 Å². The molecule has 0 aliphatic rings. The van der Waals surface area contributed by atoms with Crippen LogP contribution in [-0.4, -0.2) is 17.3 Å². The molecule has 2 aromatic carbocycles. The van der Waals surface area contributed by atoms with Crippen LogP contribution >= 0.6 is 11.6 Å². The van der Waals surface area contributed by atoms with Gasteiger partial charge >= 0.3 is 11.6 Å². The standard InChI is InChI=1S/C18H12ClN3O4.C2H6/c1-24-14-8-3-2-7-13(14)20-18-22-21-16(26-18)11-9-10-5-4-6-12(19)15(10)25-17(11)23;1-2/h2-9H,1H3,(H,20,22);1-2H3. The van der Waals surface area contributed by atoms with E-state index in [0.717, 1.165) is 0 Å². The molecule has 0 unspecified atom stereocenters. The molecule has 0 aliphatic heterocycles. The van der Waals surface area contributed by atoms with E-state index >= 15 is 0 Å². The number of nitrogens with one attached hydrogen (secondary N) is 1. The maximum atomic E-state index is 12.3. The lowest BCUT2D eigenvalue weighted by atomic mass is 10.2. The van der Waals surface area contributed by atoms with Crippen molar-refractivity contribution in [2.75, 3.05) is 12.4 Å². The first kappa shape index (κ1) is 19.4. The van der Waals surface area contributed by atoms with Crippen LogP contribution in [0.1, 0.15) is 13.8 Å². The van der Waals surface area contributed by atoms with Gasteiger partial charge in [-0.25, -0.2) is 4.79 Å². The number of hydrogen-bond donors (Lipinski definition) is 1. The Balaban J connectivity index is 0.00000109. The van der Waals surface area contributed by atoms with Crippen LogP contribution in [0.5, 0.6) is 5.75 Å². The lowest BCUT2D eigenvalue weighted by Crippen LogP contribution is -2.03. The molecule has 4 rings (SSSR count). The minimum atomic E-state index is -0.613. The van der Waals surface area contributed by atoms with Crippen molar-refractivity contribution >= 4 is 34.3 Å². The molecule has 2 heterocycles. The quantitative estimate of drug-likeness (QED) is 0.467. The highest BCUT2D eigenvalue weighted by atomic mass is 35.5. The largest absolute Gasteiger partial charge is 0.495 e. The second-order valence-electron chi connectivity index (χ2n) is 5.34. The average molecular weight is 400 g/mol. The topological polar surface area (TPSA) is 90.4 Å². The van der Waals surface area contributed by atoms with Crippen molar-refractivity contribution in [1.29, 1.82) is 0 Å². The Morgan fingerprint density at radius 3 is 2.61 bits per heavy atom. The minimum absolute atomic E-state index is 0.0398. The molecule has 0 spiro atoms. The summed E-state index contributed by atoms with van der Waals surface area (Å²) in [6, 6.07) is 14.2. The molecule has 144 valence electrons. The van der Waals surface area contributed by atoms with E-state index in [-0.39, 0.29) is 17.5 Å². The number of ether oxygens (including phenoxy) is 1. The van der Waals surface area contributed by atoms with E-state index in [4.69, 9.17) is 25.2 Å². The molecule has 0 fully saturated rings. The zero-order valence-electron chi connectivity index (χ0n) is 15.5. The fourth-order valence-corrected chi connectivity index (χ4v) is 2.72.